The van der Waals surface area contributed by atoms with E-state index in [1.54, 1.807) is 12.4 Å². The Hall–Kier alpha value is -3.39. The molecule has 1 aromatic carbocycles. The minimum Gasteiger partial charge on any atom is -0.466 e. The number of carbonyl (C=O) groups excluding carboxylic acids is 2. The number of aromatic nitrogens is 1. The number of methoxy groups -OCH3 is 1. The fourth-order valence-electron chi connectivity index (χ4n) is 4.00. The van der Waals surface area contributed by atoms with Crippen molar-refractivity contribution in [2.24, 2.45) is 4.99 Å². The van der Waals surface area contributed by atoms with Gasteiger partial charge in [0.1, 0.15) is 0 Å². The van der Waals surface area contributed by atoms with Crippen molar-refractivity contribution < 1.29 is 14.3 Å². The Labute approximate surface area is 197 Å². The van der Waals surface area contributed by atoms with E-state index >= 15 is 0 Å². The second-order valence-electron chi connectivity index (χ2n) is 7.83. The second-order valence-corrected chi connectivity index (χ2v) is 8.66. The van der Waals surface area contributed by atoms with Crippen molar-refractivity contribution in [1.29, 1.82) is 0 Å². The van der Waals surface area contributed by atoms with Gasteiger partial charge in [-0.15, -0.1) is 0 Å². The number of hydrogen-bond donors (Lipinski definition) is 1. The van der Waals surface area contributed by atoms with E-state index in [4.69, 9.17) is 9.73 Å². The third-order valence-electron chi connectivity index (χ3n) is 5.54. The summed E-state index contributed by atoms with van der Waals surface area (Å²) in [4.78, 5) is 36.5. The van der Waals surface area contributed by atoms with E-state index in [-0.39, 0.29) is 12.3 Å². The topological polar surface area (TPSA) is 83.9 Å². The molecule has 8 heteroatoms. The van der Waals surface area contributed by atoms with Gasteiger partial charge in [0.15, 0.2) is 5.17 Å². The van der Waals surface area contributed by atoms with Crippen LogP contribution in [0.1, 0.15) is 42.5 Å². The summed E-state index contributed by atoms with van der Waals surface area (Å²) in [5, 5.41) is 5.66. The minimum absolute atomic E-state index is 0.111. The third kappa shape index (κ3) is 4.85. The van der Waals surface area contributed by atoms with Gasteiger partial charge >= 0.3 is 5.97 Å². The molecule has 2 aliphatic heterocycles. The van der Waals surface area contributed by atoms with Gasteiger partial charge < -0.3 is 15.0 Å². The van der Waals surface area contributed by atoms with Crippen LogP contribution >= 0.6 is 11.8 Å². The van der Waals surface area contributed by atoms with E-state index in [0.717, 1.165) is 27.6 Å². The lowest BCUT2D eigenvalue weighted by Crippen LogP contribution is -2.38. The number of thioether (sulfide) groups is 1. The van der Waals surface area contributed by atoms with Crippen molar-refractivity contribution in [3.63, 3.8) is 0 Å². The average Bonchev–Trinajstić information content (AvgIpc) is 3.23. The molecular formula is C25H26N4O3S. The molecule has 1 aromatic heterocycles. The van der Waals surface area contributed by atoms with E-state index in [0.29, 0.717) is 24.2 Å². The summed E-state index contributed by atoms with van der Waals surface area (Å²) in [6, 6.07) is 11.4. The number of carbonyl (C=O) groups is 2. The molecule has 2 aliphatic rings. The lowest BCUT2D eigenvalue weighted by atomic mass is 9.92. The predicted octanol–water partition coefficient (Wildman–Crippen LogP) is 4.23. The number of rotatable bonds is 7. The van der Waals surface area contributed by atoms with E-state index < -0.39 is 12.0 Å². The fourth-order valence-corrected chi connectivity index (χ4v) is 4.94. The number of aliphatic imine (C=N–C) groups is 1. The van der Waals surface area contributed by atoms with Gasteiger partial charge in [-0.25, -0.2) is 9.79 Å². The van der Waals surface area contributed by atoms with E-state index in [1.165, 1.54) is 18.9 Å². The number of nitrogens with zero attached hydrogens (tertiary/aromatic N) is 3. The zero-order valence-electron chi connectivity index (χ0n) is 18.9. The van der Waals surface area contributed by atoms with Crippen LogP contribution in [0.25, 0.3) is 0 Å². The van der Waals surface area contributed by atoms with Gasteiger partial charge in [-0.3, -0.25) is 9.78 Å². The van der Waals surface area contributed by atoms with Crippen LogP contribution in [-0.2, 0) is 20.9 Å². The molecule has 1 atom stereocenters. The number of amidine groups is 1. The highest BCUT2D eigenvalue weighted by Crippen LogP contribution is 2.45. The summed E-state index contributed by atoms with van der Waals surface area (Å²) in [7, 11) is 1.39. The SMILES string of the molecule is CCC1=C(C(=O)OC)[C@@H](c2cccc(C)c2)N2C(CC(=O)NCc3cccnc3)=CSC2=N1. The Morgan fingerprint density at radius 2 is 2.09 bits per heavy atom. The molecule has 170 valence electrons. The lowest BCUT2D eigenvalue weighted by molar-refractivity contribution is -0.136. The molecule has 0 aliphatic carbocycles. The summed E-state index contributed by atoms with van der Waals surface area (Å²) in [6.07, 6.45) is 4.20. The summed E-state index contributed by atoms with van der Waals surface area (Å²) in [5.41, 5.74) is 5.00. The molecule has 1 N–H and O–H groups in total. The third-order valence-corrected chi connectivity index (χ3v) is 6.43. The smallest absolute Gasteiger partial charge is 0.338 e. The average molecular weight is 463 g/mol. The maximum Gasteiger partial charge on any atom is 0.338 e. The molecule has 1 amide bonds. The largest absolute Gasteiger partial charge is 0.466 e. The number of benzene rings is 1. The number of hydrogen-bond acceptors (Lipinski definition) is 7. The molecule has 2 aromatic rings. The van der Waals surface area contributed by atoms with E-state index in [1.807, 2.05) is 54.5 Å². The van der Waals surface area contributed by atoms with Crippen molar-refractivity contribution >= 4 is 28.8 Å². The first-order valence-electron chi connectivity index (χ1n) is 10.8. The summed E-state index contributed by atoms with van der Waals surface area (Å²) in [6.45, 7) is 4.40. The lowest BCUT2D eigenvalue weighted by Gasteiger charge is -2.36. The van der Waals surface area contributed by atoms with Gasteiger partial charge in [0.05, 0.1) is 30.8 Å². The molecule has 33 heavy (non-hydrogen) atoms. The Morgan fingerprint density at radius 1 is 1.24 bits per heavy atom. The second kappa shape index (κ2) is 10.0. The highest BCUT2D eigenvalue weighted by Gasteiger charge is 2.41. The molecule has 3 heterocycles. The first-order valence-corrected chi connectivity index (χ1v) is 11.7. The number of pyridine rings is 1. The number of ether oxygens (including phenoxy) is 1. The number of amides is 1. The van der Waals surface area contributed by atoms with Crippen LogP contribution in [0.4, 0.5) is 0 Å². The van der Waals surface area contributed by atoms with Gasteiger partial charge in [0.25, 0.3) is 0 Å². The number of fused-ring (bicyclic) bond motifs is 1. The Balaban J connectivity index is 1.64. The zero-order valence-corrected chi connectivity index (χ0v) is 19.7. The first-order chi connectivity index (χ1) is 16.0. The van der Waals surface area contributed by atoms with Gasteiger partial charge in [-0.1, -0.05) is 54.6 Å². The van der Waals surface area contributed by atoms with Crippen molar-refractivity contribution in [3.05, 3.63) is 87.9 Å². The number of esters is 1. The molecule has 0 fully saturated rings. The Kier molecular flexibility index (Phi) is 6.93. The molecule has 4 rings (SSSR count). The zero-order chi connectivity index (χ0) is 23.4. The van der Waals surface area contributed by atoms with Crippen LogP contribution in [0, 0.1) is 6.92 Å². The molecule has 0 bridgehead atoms. The first kappa shape index (κ1) is 22.8. The van der Waals surface area contributed by atoms with Crippen molar-refractivity contribution in [2.75, 3.05) is 7.11 Å². The van der Waals surface area contributed by atoms with Gasteiger partial charge in [0.2, 0.25) is 5.91 Å². The quantitative estimate of drug-likeness (QED) is 0.620. The van der Waals surface area contributed by atoms with Crippen molar-refractivity contribution in [1.82, 2.24) is 15.2 Å². The highest BCUT2D eigenvalue weighted by atomic mass is 32.2. The number of aryl methyl sites for hydroxylation is 1. The van der Waals surface area contributed by atoms with Gasteiger partial charge in [0, 0.05) is 24.6 Å². The van der Waals surface area contributed by atoms with Crippen molar-refractivity contribution in [3.8, 4) is 0 Å². The van der Waals surface area contributed by atoms with E-state index in [2.05, 4.69) is 16.4 Å². The van der Waals surface area contributed by atoms with Crippen LogP contribution in [0.15, 0.2) is 76.2 Å². The van der Waals surface area contributed by atoms with Crippen LogP contribution in [0.3, 0.4) is 0 Å². The fraction of sp³-hybridized carbons (Fsp3) is 0.280. The Morgan fingerprint density at radius 3 is 2.79 bits per heavy atom. The molecule has 0 unspecified atom stereocenters. The molecular weight excluding hydrogens is 436 g/mol. The molecule has 0 spiro atoms. The van der Waals surface area contributed by atoms with Crippen LogP contribution in [-0.4, -0.2) is 34.0 Å². The van der Waals surface area contributed by atoms with Gasteiger partial charge in [-0.2, -0.15) is 0 Å². The minimum atomic E-state index is -0.410. The number of nitrogens with one attached hydrogen (secondary N) is 1. The van der Waals surface area contributed by atoms with Crippen molar-refractivity contribution in [2.45, 2.75) is 39.3 Å². The van der Waals surface area contributed by atoms with E-state index in [9.17, 15) is 9.59 Å². The monoisotopic (exact) mass is 462 g/mol. The van der Waals surface area contributed by atoms with Gasteiger partial charge in [-0.05, 0) is 35.9 Å². The summed E-state index contributed by atoms with van der Waals surface area (Å²) < 4.78 is 5.15. The maximum atomic E-state index is 12.9. The summed E-state index contributed by atoms with van der Waals surface area (Å²) >= 11 is 1.47. The van der Waals surface area contributed by atoms with Crippen LogP contribution in [0.5, 0.6) is 0 Å². The van der Waals surface area contributed by atoms with Crippen LogP contribution in [0.2, 0.25) is 0 Å². The Bertz CT molecular complexity index is 1160. The normalized spacial score (nSPS) is 17.3. The highest BCUT2D eigenvalue weighted by molar-refractivity contribution is 8.16. The molecule has 0 radical (unpaired) electrons. The summed E-state index contributed by atoms with van der Waals surface area (Å²) in [5.74, 6) is -0.515. The predicted molar refractivity (Wildman–Crippen MR) is 129 cm³/mol. The number of allylic oxidation sites excluding steroid dienone is 1. The molecule has 0 saturated carbocycles. The van der Waals surface area contributed by atoms with Crippen LogP contribution < -0.4 is 5.32 Å². The maximum absolute atomic E-state index is 12.9. The standard InChI is InChI=1S/C25H26N4O3S/c1-4-20-22(24(31)32-3)23(18-9-5-7-16(2)11-18)29-19(15-33-25(29)28-20)12-21(30)27-14-17-8-6-10-26-13-17/h5-11,13,15,23H,4,12,14H2,1-3H3,(H,27,30)/t23-/m1/s1. The molecule has 0 saturated heterocycles. The molecule has 7 nitrogen and oxygen atoms in total.